The first-order chi connectivity index (χ1) is 9.31. The van der Waals surface area contributed by atoms with Crippen molar-refractivity contribution in [2.75, 3.05) is 11.9 Å². The zero-order valence-corrected chi connectivity index (χ0v) is 10.8. The monoisotopic (exact) mass is 252 g/mol. The molecule has 0 amide bonds. The average molecular weight is 252 g/mol. The predicted octanol–water partition coefficient (Wildman–Crippen LogP) is 2.56. The Morgan fingerprint density at radius 1 is 1.16 bits per heavy atom. The van der Waals surface area contributed by atoms with E-state index in [-0.39, 0.29) is 0 Å². The third-order valence-electron chi connectivity index (χ3n) is 3.32. The van der Waals surface area contributed by atoms with Crippen molar-refractivity contribution in [3.8, 4) is 0 Å². The fourth-order valence-corrected chi connectivity index (χ4v) is 2.34. The minimum absolute atomic E-state index is 0.528. The van der Waals surface area contributed by atoms with Crippen LogP contribution in [-0.2, 0) is 6.54 Å². The van der Waals surface area contributed by atoms with Crippen molar-refractivity contribution in [1.29, 1.82) is 0 Å². The van der Waals surface area contributed by atoms with Crippen LogP contribution < -0.4 is 10.6 Å². The van der Waals surface area contributed by atoms with E-state index in [2.05, 4.69) is 32.5 Å². The summed E-state index contributed by atoms with van der Waals surface area (Å²) in [5.74, 6) is 1.07. The Bertz CT molecular complexity index is 702. The van der Waals surface area contributed by atoms with Crippen molar-refractivity contribution in [3.05, 3.63) is 60.4 Å². The van der Waals surface area contributed by atoms with Crippen LogP contribution in [0.1, 0.15) is 5.56 Å². The summed E-state index contributed by atoms with van der Waals surface area (Å²) in [6.45, 7) is 0.528. The van der Waals surface area contributed by atoms with Gasteiger partial charge in [0.05, 0.1) is 0 Å². The van der Waals surface area contributed by atoms with E-state index in [1.165, 1.54) is 0 Å². The summed E-state index contributed by atoms with van der Waals surface area (Å²) in [6.07, 6.45) is 3.77. The second-order valence-electron chi connectivity index (χ2n) is 4.43. The molecule has 4 nitrogen and oxygen atoms in total. The van der Waals surface area contributed by atoms with Gasteiger partial charge in [-0.15, -0.1) is 0 Å². The maximum absolute atomic E-state index is 5.81. The van der Waals surface area contributed by atoms with Crippen molar-refractivity contribution < 1.29 is 0 Å². The molecule has 0 atom stereocenters. The lowest BCUT2D eigenvalue weighted by molar-refractivity contribution is 1.02. The molecule has 2 N–H and O–H groups in total. The fourth-order valence-electron chi connectivity index (χ4n) is 2.34. The topological polar surface area (TPSA) is 46.6 Å². The lowest BCUT2D eigenvalue weighted by atomic mass is 10.1. The van der Waals surface area contributed by atoms with Gasteiger partial charge in [-0.3, -0.25) is 4.40 Å². The molecule has 3 rings (SSSR count). The predicted molar refractivity (Wildman–Crippen MR) is 77.6 cm³/mol. The number of rotatable bonds is 3. The van der Waals surface area contributed by atoms with Crippen molar-refractivity contribution in [2.24, 2.45) is 5.73 Å². The number of nitrogens with two attached hydrogens (primary N) is 1. The molecule has 0 saturated heterocycles. The maximum atomic E-state index is 5.81. The van der Waals surface area contributed by atoms with Crippen LogP contribution in [0.2, 0.25) is 0 Å². The van der Waals surface area contributed by atoms with Gasteiger partial charge in [0.15, 0.2) is 0 Å². The highest BCUT2D eigenvalue weighted by atomic mass is 15.2. The number of pyridine rings is 1. The van der Waals surface area contributed by atoms with E-state index in [9.17, 15) is 0 Å². The first-order valence-corrected chi connectivity index (χ1v) is 6.25. The second-order valence-corrected chi connectivity index (χ2v) is 4.43. The lowest BCUT2D eigenvalue weighted by Gasteiger charge is -2.23. The Hall–Kier alpha value is -2.33. The molecule has 4 heteroatoms. The van der Waals surface area contributed by atoms with Crippen molar-refractivity contribution >= 4 is 17.2 Å². The summed E-state index contributed by atoms with van der Waals surface area (Å²) in [5.41, 5.74) is 9.00. The third-order valence-corrected chi connectivity index (χ3v) is 3.32. The number of anilines is 2. The molecule has 0 radical (unpaired) electrons. The summed E-state index contributed by atoms with van der Waals surface area (Å²) < 4.78 is 2.06. The van der Waals surface area contributed by atoms with E-state index < -0.39 is 0 Å². The molecule has 0 saturated carbocycles. The van der Waals surface area contributed by atoms with E-state index >= 15 is 0 Å². The third kappa shape index (κ3) is 1.96. The van der Waals surface area contributed by atoms with Crippen LogP contribution in [0.3, 0.4) is 0 Å². The normalized spacial score (nSPS) is 10.8. The molecule has 0 spiro atoms. The largest absolute Gasteiger partial charge is 0.330 e. The van der Waals surface area contributed by atoms with Gasteiger partial charge in [-0.25, -0.2) is 4.98 Å². The molecular weight excluding hydrogens is 236 g/mol. The highest BCUT2D eigenvalue weighted by Gasteiger charge is 2.10. The standard InChI is InChI=1S/C15H16N4/c1-18(13-6-3-2-5-12(13)11-16)15-8-4-7-14-17-9-10-19(14)15/h2-10H,11,16H2,1H3. The number of benzene rings is 1. The number of imidazole rings is 1. The second kappa shape index (κ2) is 4.74. The minimum atomic E-state index is 0.528. The molecular formula is C15H16N4. The van der Waals surface area contributed by atoms with Crippen LogP contribution in [0.4, 0.5) is 11.5 Å². The number of nitrogens with zero attached hydrogens (tertiary/aromatic N) is 3. The van der Waals surface area contributed by atoms with Gasteiger partial charge in [-0.2, -0.15) is 0 Å². The molecule has 0 fully saturated rings. The van der Waals surface area contributed by atoms with Gasteiger partial charge in [0.1, 0.15) is 11.5 Å². The van der Waals surface area contributed by atoms with E-state index in [0.29, 0.717) is 6.54 Å². The SMILES string of the molecule is CN(c1ccccc1CN)c1cccc2nccn12. The number of para-hydroxylation sites is 1. The van der Waals surface area contributed by atoms with Crippen LogP contribution in [0.25, 0.3) is 5.65 Å². The first kappa shape index (κ1) is 11.7. The van der Waals surface area contributed by atoms with Crippen molar-refractivity contribution in [3.63, 3.8) is 0 Å². The van der Waals surface area contributed by atoms with Gasteiger partial charge < -0.3 is 10.6 Å². The maximum Gasteiger partial charge on any atom is 0.138 e. The van der Waals surface area contributed by atoms with Crippen LogP contribution in [-0.4, -0.2) is 16.4 Å². The molecule has 2 aromatic heterocycles. The van der Waals surface area contributed by atoms with Crippen LogP contribution in [0, 0.1) is 0 Å². The van der Waals surface area contributed by atoms with Gasteiger partial charge >= 0.3 is 0 Å². The van der Waals surface area contributed by atoms with E-state index in [1.807, 2.05) is 43.7 Å². The Balaban J connectivity index is 2.13. The number of fused-ring (bicyclic) bond motifs is 1. The lowest BCUT2D eigenvalue weighted by Crippen LogP contribution is -2.15. The van der Waals surface area contributed by atoms with Gasteiger partial charge in [0, 0.05) is 31.7 Å². The zero-order chi connectivity index (χ0) is 13.2. The Kier molecular flexibility index (Phi) is 2.93. The quantitative estimate of drug-likeness (QED) is 0.779. The van der Waals surface area contributed by atoms with Crippen LogP contribution in [0.5, 0.6) is 0 Å². The van der Waals surface area contributed by atoms with Crippen LogP contribution in [0.15, 0.2) is 54.9 Å². The van der Waals surface area contributed by atoms with Gasteiger partial charge in [0.2, 0.25) is 0 Å². The summed E-state index contributed by atoms with van der Waals surface area (Å²) in [5, 5.41) is 0. The van der Waals surface area contributed by atoms with Crippen molar-refractivity contribution in [1.82, 2.24) is 9.38 Å². The first-order valence-electron chi connectivity index (χ1n) is 6.25. The molecule has 0 unspecified atom stereocenters. The van der Waals surface area contributed by atoms with E-state index in [1.54, 1.807) is 0 Å². The fraction of sp³-hybridized carbons (Fsp3) is 0.133. The Labute approximate surface area is 112 Å². The highest BCUT2D eigenvalue weighted by molar-refractivity contribution is 5.65. The minimum Gasteiger partial charge on any atom is -0.330 e. The molecule has 0 aliphatic carbocycles. The van der Waals surface area contributed by atoms with Crippen LogP contribution >= 0.6 is 0 Å². The number of aromatic nitrogens is 2. The molecule has 0 bridgehead atoms. The average Bonchev–Trinajstić information content (AvgIpc) is 2.94. The summed E-state index contributed by atoms with van der Waals surface area (Å²) in [7, 11) is 2.04. The molecule has 3 aromatic rings. The van der Waals surface area contributed by atoms with Gasteiger partial charge in [-0.05, 0) is 23.8 Å². The smallest absolute Gasteiger partial charge is 0.138 e. The highest BCUT2D eigenvalue weighted by Crippen LogP contribution is 2.27. The molecule has 96 valence electrons. The van der Waals surface area contributed by atoms with Gasteiger partial charge in [-0.1, -0.05) is 24.3 Å². The molecule has 0 aliphatic heterocycles. The zero-order valence-electron chi connectivity index (χ0n) is 10.8. The molecule has 2 heterocycles. The number of hydrogen-bond acceptors (Lipinski definition) is 3. The Morgan fingerprint density at radius 2 is 2.00 bits per heavy atom. The Morgan fingerprint density at radius 3 is 2.84 bits per heavy atom. The van der Waals surface area contributed by atoms with E-state index in [4.69, 9.17) is 5.73 Å². The summed E-state index contributed by atoms with van der Waals surface area (Å²) in [4.78, 5) is 6.45. The summed E-state index contributed by atoms with van der Waals surface area (Å²) >= 11 is 0. The van der Waals surface area contributed by atoms with E-state index in [0.717, 1.165) is 22.7 Å². The van der Waals surface area contributed by atoms with Gasteiger partial charge in [0.25, 0.3) is 0 Å². The summed E-state index contributed by atoms with van der Waals surface area (Å²) in [6, 6.07) is 14.3. The number of hydrogen-bond donors (Lipinski definition) is 1. The van der Waals surface area contributed by atoms with Crippen molar-refractivity contribution in [2.45, 2.75) is 6.54 Å². The molecule has 0 aliphatic rings. The molecule has 19 heavy (non-hydrogen) atoms. The molecule has 1 aromatic carbocycles.